The van der Waals surface area contributed by atoms with Gasteiger partial charge < -0.3 is 0 Å². The van der Waals surface area contributed by atoms with Gasteiger partial charge in [-0.15, -0.1) is 0 Å². The molecule has 1 unspecified atom stereocenters. The predicted molar refractivity (Wildman–Crippen MR) is 65.5 cm³/mol. The molecular formula is C12H25INO5-. The van der Waals surface area contributed by atoms with Crippen LogP contribution in [0.3, 0.4) is 0 Å². The van der Waals surface area contributed by atoms with Gasteiger partial charge in [-0.3, -0.25) is 0 Å². The van der Waals surface area contributed by atoms with E-state index in [1.807, 2.05) is 27.7 Å². The molecule has 1 aliphatic rings. The van der Waals surface area contributed by atoms with Gasteiger partial charge in [0.25, 0.3) is 0 Å². The number of methoxy groups -OCH3 is 1. The van der Waals surface area contributed by atoms with Gasteiger partial charge >= 0.3 is 125 Å². The monoisotopic (exact) mass is 390 g/mol. The Morgan fingerprint density at radius 2 is 1.89 bits per heavy atom. The molecule has 0 radical (unpaired) electrons. The van der Waals surface area contributed by atoms with Gasteiger partial charge in [0.1, 0.15) is 0 Å². The molecule has 19 heavy (non-hydrogen) atoms. The van der Waals surface area contributed by atoms with Crippen LogP contribution in [0.5, 0.6) is 0 Å². The first-order valence-corrected chi connectivity index (χ1v) is 8.52. The second-order valence-corrected chi connectivity index (χ2v) is 7.82. The molecule has 0 saturated carbocycles. The average molecular weight is 390 g/mol. The summed E-state index contributed by atoms with van der Waals surface area (Å²) in [5.41, 5.74) is -0.457. The van der Waals surface area contributed by atoms with Gasteiger partial charge in [-0.1, -0.05) is 0 Å². The first kappa shape index (κ1) is 17.5. The standard InChI is InChI=1S/C12H25INO5/c1-7-9(13-17)8(10(15)18-5)6-14(7)11(16)19-12(2,3)4/h7-11,15-17H,6H2,1-5H3/q-1/t7-,8+,9+,10+,11?/m1/s1. The Kier molecular flexibility index (Phi) is 6.43. The number of aliphatic hydroxyl groups excluding tert-OH is 2. The van der Waals surface area contributed by atoms with Crippen LogP contribution in [0.2, 0.25) is 0 Å². The summed E-state index contributed by atoms with van der Waals surface area (Å²) >= 11 is -1.05. The molecule has 0 bridgehead atoms. The zero-order valence-electron chi connectivity index (χ0n) is 12.1. The minimum absolute atomic E-state index is 0.0491. The molecule has 1 rings (SSSR count). The number of aliphatic hydroxyl groups is 2. The number of hydrogen-bond acceptors (Lipinski definition) is 6. The minimum atomic E-state index is -1.05. The van der Waals surface area contributed by atoms with Gasteiger partial charge in [0.05, 0.1) is 0 Å². The quantitative estimate of drug-likeness (QED) is 0.260. The molecule has 0 aromatic carbocycles. The van der Waals surface area contributed by atoms with E-state index in [2.05, 4.69) is 0 Å². The van der Waals surface area contributed by atoms with Crippen molar-refractivity contribution >= 4 is 0 Å². The van der Waals surface area contributed by atoms with E-state index in [1.165, 1.54) is 7.11 Å². The second-order valence-electron chi connectivity index (χ2n) is 5.83. The summed E-state index contributed by atoms with van der Waals surface area (Å²) in [5.74, 6) is -0.198. The molecule has 0 spiro atoms. The van der Waals surface area contributed by atoms with Crippen molar-refractivity contribution in [3.8, 4) is 0 Å². The molecule has 7 heteroatoms. The Labute approximate surface area is 125 Å². The summed E-state index contributed by atoms with van der Waals surface area (Å²) < 4.78 is 20.0. The molecule has 1 fully saturated rings. The molecule has 6 nitrogen and oxygen atoms in total. The van der Waals surface area contributed by atoms with E-state index in [-0.39, 0.29) is 15.9 Å². The van der Waals surface area contributed by atoms with Crippen LogP contribution in [0, 0.1) is 5.92 Å². The molecule has 116 valence electrons. The van der Waals surface area contributed by atoms with E-state index >= 15 is 0 Å². The maximum absolute atomic E-state index is 10.2. The van der Waals surface area contributed by atoms with E-state index < -0.39 is 39.9 Å². The van der Waals surface area contributed by atoms with E-state index in [0.29, 0.717) is 6.54 Å². The Bertz CT molecular complexity index is 286. The normalized spacial score (nSPS) is 32.7. The summed E-state index contributed by atoms with van der Waals surface area (Å²) in [5, 5.41) is 20.0. The summed E-state index contributed by atoms with van der Waals surface area (Å²) in [6, 6.07) is -0.0510. The van der Waals surface area contributed by atoms with Crippen molar-refractivity contribution < 1.29 is 44.7 Å². The van der Waals surface area contributed by atoms with Gasteiger partial charge in [-0.25, -0.2) is 0 Å². The van der Waals surface area contributed by atoms with Gasteiger partial charge in [-0.2, -0.15) is 0 Å². The molecule has 5 atom stereocenters. The van der Waals surface area contributed by atoms with Gasteiger partial charge in [-0.05, 0) is 0 Å². The van der Waals surface area contributed by atoms with Crippen LogP contribution in [0.4, 0.5) is 0 Å². The fourth-order valence-corrected chi connectivity index (χ4v) is 4.18. The molecular weight excluding hydrogens is 365 g/mol. The number of likely N-dealkylation sites (tertiary alicyclic amines) is 1. The Morgan fingerprint density at radius 1 is 1.32 bits per heavy atom. The number of rotatable bonds is 5. The van der Waals surface area contributed by atoms with Crippen molar-refractivity contribution in [1.82, 2.24) is 4.90 Å². The number of halogens is 1. The van der Waals surface area contributed by atoms with Crippen LogP contribution < -0.4 is 21.6 Å². The third-order valence-corrected chi connectivity index (χ3v) is 5.89. The first-order valence-electron chi connectivity index (χ1n) is 6.31. The van der Waals surface area contributed by atoms with Crippen molar-refractivity contribution in [2.75, 3.05) is 13.7 Å². The summed E-state index contributed by atoms with van der Waals surface area (Å²) in [4.78, 5) is 1.76. The topological polar surface area (TPSA) is 82.4 Å². The molecule has 0 aliphatic carbocycles. The van der Waals surface area contributed by atoms with Gasteiger partial charge in [0.2, 0.25) is 0 Å². The number of alkyl halides is 1. The Morgan fingerprint density at radius 3 is 2.32 bits per heavy atom. The van der Waals surface area contributed by atoms with Crippen LogP contribution in [-0.2, 0) is 9.47 Å². The van der Waals surface area contributed by atoms with E-state index in [4.69, 9.17) is 9.47 Å². The second kappa shape index (κ2) is 6.97. The molecule has 1 aliphatic heterocycles. The Hall–Kier alpha value is 0.490. The van der Waals surface area contributed by atoms with Crippen LogP contribution >= 0.6 is 0 Å². The third kappa shape index (κ3) is 4.48. The maximum atomic E-state index is 10.2. The molecule has 0 aromatic rings. The Balaban J connectivity index is 2.76. The van der Waals surface area contributed by atoms with Crippen LogP contribution in [-0.4, -0.2) is 60.5 Å². The summed E-state index contributed by atoms with van der Waals surface area (Å²) in [6.07, 6.45) is -1.96. The molecule has 1 heterocycles. The van der Waals surface area contributed by atoms with Crippen molar-refractivity contribution in [2.24, 2.45) is 5.92 Å². The molecule has 1 saturated heterocycles. The third-order valence-electron chi connectivity index (χ3n) is 3.28. The SMILES string of the molecule is CO[C@H](O)[C@H]1CN(C(O)OC(C)(C)C)[C@H](C)[C@@H]1[I-]O. The van der Waals surface area contributed by atoms with Gasteiger partial charge in [0.15, 0.2) is 0 Å². The zero-order chi connectivity index (χ0) is 14.8. The predicted octanol–water partition coefficient (Wildman–Crippen LogP) is -3.27. The average Bonchev–Trinajstić information content (AvgIpc) is 2.63. The van der Waals surface area contributed by atoms with Crippen molar-refractivity contribution in [3.63, 3.8) is 0 Å². The van der Waals surface area contributed by atoms with Crippen LogP contribution in [0.25, 0.3) is 0 Å². The fraction of sp³-hybridized carbons (Fsp3) is 1.00. The van der Waals surface area contributed by atoms with Crippen molar-refractivity contribution in [2.45, 2.75) is 56.0 Å². The number of hydrogen-bond donors (Lipinski definition) is 3. The summed E-state index contributed by atoms with van der Waals surface area (Å²) in [7, 11) is 1.44. The zero-order valence-corrected chi connectivity index (χ0v) is 14.2. The van der Waals surface area contributed by atoms with Crippen LogP contribution in [0.15, 0.2) is 0 Å². The van der Waals surface area contributed by atoms with E-state index in [9.17, 15) is 13.6 Å². The van der Waals surface area contributed by atoms with E-state index in [0.717, 1.165) is 0 Å². The fourth-order valence-electron chi connectivity index (χ4n) is 2.30. The molecule has 0 aromatic heterocycles. The molecule has 0 amide bonds. The number of nitrogens with zero attached hydrogens (tertiary/aromatic N) is 1. The molecule has 3 N–H and O–H groups in total. The van der Waals surface area contributed by atoms with E-state index in [1.54, 1.807) is 4.90 Å². The van der Waals surface area contributed by atoms with Crippen molar-refractivity contribution in [1.29, 1.82) is 0 Å². The summed E-state index contributed by atoms with van der Waals surface area (Å²) in [6.45, 7) is 7.98. The van der Waals surface area contributed by atoms with Gasteiger partial charge in [0, 0.05) is 0 Å². The number of ether oxygens (including phenoxy) is 2. The first-order chi connectivity index (χ1) is 8.71. The van der Waals surface area contributed by atoms with Crippen LogP contribution in [0.1, 0.15) is 27.7 Å². The van der Waals surface area contributed by atoms with Crippen molar-refractivity contribution in [3.05, 3.63) is 0 Å².